The van der Waals surface area contributed by atoms with Crippen LogP contribution in [0.1, 0.15) is 13.3 Å². The van der Waals surface area contributed by atoms with E-state index in [-0.39, 0.29) is 0 Å². The van der Waals surface area contributed by atoms with Gasteiger partial charge in [0.1, 0.15) is 0 Å². The van der Waals surface area contributed by atoms with E-state index >= 15 is 0 Å². The lowest BCUT2D eigenvalue weighted by molar-refractivity contribution is 0.919. The van der Waals surface area contributed by atoms with Crippen LogP contribution in [0.25, 0.3) is 0 Å². The van der Waals surface area contributed by atoms with E-state index in [9.17, 15) is 0 Å². The number of hydrogen-bond acceptors (Lipinski definition) is 0. The summed E-state index contributed by atoms with van der Waals surface area (Å²) in [5.41, 5.74) is 0. The molecule has 0 amide bonds. The standard InChI is InChI=1S/C4H7Br3/c1-2-3(5)4(6)7/h3-4H,2H2,1H3. The van der Waals surface area contributed by atoms with E-state index in [1.807, 2.05) is 0 Å². The van der Waals surface area contributed by atoms with Crippen molar-refractivity contribution in [3.63, 3.8) is 0 Å². The van der Waals surface area contributed by atoms with Gasteiger partial charge in [-0.2, -0.15) is 0 Å². The summed E-state index contributed by atoms with van der Waals surface area (Å²) in [5, 5.41) is 0. The van der Waals surface area contributed by atoms with Gasteiger partial charge < -0.3 is 0 Å². The minimum Gasteiger partial charge on any atom is -0.0869 e. The summed E-state index contributed by atoms with van der Waals surface area (Å²) in [5.74, 6) is 0. The summed E-state index contributed by atoms with van der Waals surface area (Å²) in [6.45, 7) is 2.13. The van der Waals surface area contributed by atoms with E-state index in [1.54, 1.807) is 0 Å². The highest BCUT2D eigenvalue weighted by Gasteiger charge is 2.07. The van der Waals surface area contributed by atoms with Gasteiger partial charge in [0.05, 0.1) is 3.74 Å². The van der Waals surface area contributed by atoms with Gasteiger partial charge in [-0.05, 0) is 6.42 Å². The largest absolute Gasteiger partial charge is 0.0869 e. The third-order valence-electron chi connectivity index (χ3n) is 0.663. The van der Waals surface area contributed by atoms with Crippen LogP contribution >= 0.6 is 47.8 Å². The molecule has 0 spiro atoms. The molecule has 7 heavy (non-hydrogen) atoms. The molecule has 1 unspecified atom stereocenters. The normalized spacial score (nSPS) is 15.0. The molecule has 0 heterocycles. The number of hydrogen-bond donors (Lipinski definition) is 0. The zero-order valence-electron chi connectivity index (χ0n) is 4.00. The van der Waals surface area contributed by atoms with E-state index in [0.717, 1.165) is 6.42 Å². The molecule has 0 bridgehead atoms. The van der Waals surface area contributed by atoms with E-state index in [2.05, 4.69) is 54.7 Å². The van der Waals surface area contributed by atoms with Gasteiger partial charge in [-0.25, -0.2) is 0 Å². The summed E-state index contributed by atoms with van der Waals surface area (Å²) in [6.07, 6.45) is 1.14. The van der Waals surface area contributed by atoms with Crippen LogP contribution in [0.15, 0.2) is 0 Å². The molecular formula is C4H7Br3. The zero-order valence-corrected chi connectivity index (χ0v) is 8.75. The summed E-state index contributed by atoms with van der Waals surface area (Å²) in [6, 6.07) is 0. The average molecular weight is 295 g/mol. The molecule has 0 saturated heterocycles. The monoisotopic (exact) mass is 292 g/mol. The minimum absolute atomic E-state index is 0.407. The lowest BCUT2D eigenvalue weighted by Crippen LogP contribution is -2.03. The highest BCUT2D eigenvalue weighted by molar-refractivity contribution is 9.25. The summed E-state index contributed by atoms with van der Waals surface area (Å²) in [4.78, 5) is 0.549. The molecule has 3 heteroatoms. The number of rotatable bonds is 2. The Morgan fingerprint density at radius 3 is 1.71 bits per heavy atom. The third-order valence-corrected chi connectivity index (χ3v) is 4.53. The van der Waals surface area contributed by atoms with Crippen LogP contribution in [-0.2, 0) is 0 Å². The van der Waals surface area contributed by atoms with Crippen LogP contribution in [0.5, 0.6) is 0 Å². The van der Waals surface area contributed by atoms with Crippen LogP contribution in [-0.4, -0.2) is 8.56 Å². The Labute approximate surface area is 69.4 Å². The van der Waals surface area contributed by atoms with Crippen molar-refractivity contribution in [3.05, 3.63) is 0 Å². The molecule has 0 fully saturated rings. The maximum Gasteiger partial charge on any atom is 0.0822 e. The van der Waals surface area contributed by atoms with Gasteiger partial charge >= 0.3 is 0 Å². The minimum atomic E-state index is 0.407. The molecule has 0 aliphatic rings. The third kappa shape index (κ3) is 3.98. The van der Waals surface area contributed by atoms with Crippen molar-refractivity contribution < 1.29 is 0 Å². The van der Waals surface area contributed by atoms with Crippen molar-refractivity contribution in [1.82, 2.24) is 0 Å². The van der Waals surface area contributed by atoms with Gasteiger partial charge in [0.15, 0.2) is 0 Å². The Hall–Kier alpha value is 1.44. The zero-order chi connectivity index (χ0) is 5.86. The van der Waals surface area contributed by atoms with Gasteiger partial charge in [-0.1, -0.05) is 54.7 Å². The molecule has 1 atom stereocenters. The molecular weight excluding hydrogens is 288 g/mol. The second kappa shape index (κ2) is 4.33. The lowest BCUT2D eigenvalue weighted by Gasteiger charge is -2.04. The quantitative estimate of drug-likeness (QED) is 0.686. The van der Waals surface area contributed by atoms with Crippen molar-refractivity contribution >= 4 is 47.8 Å². The molecule has 0 aromatic carbocycles. The lowest BCUT2D eigenvalue weighted by atomic mass is 10.4. The van der Waals surface area contributed by atoms with Crippen molar-refractivity contribution in [2.75, 3.05) is 0 Å². The Kier molecular flexibility index (Phi) is 5.22. The van der Waals surface area contributed by atoms with Gasteiger partial charge in [0.2, 0.25) is 0 Å². The molecule has 0 saturated carbocycles. The van der Waals surface area contributed by atoms with Crippen LogP contribution in [0.2, 0.25) is 0 Å². The van der Waals surface area contributed by atoms with E-state index in [4.69, 9.17) is 0 Å². The maximum absolute atomic E-state index is 3.45. The molecule has 0 nitrogen and oxygen atoms in total. The molecule has 0 aromatic heterocycles. The molecule has 44 valence electrons. The predicted molar refractivity (Wildman–Crippen MR) is 44.6 cm³/mol. The molecule has 0 rings (SSSR count). The Bertz CT molecular complexity index is 44.2. The molecule has 0 radical (unpaired) electrons. The van der Waals surface area contributed by atoms with E-state index in [1.165, 1.54) is 0 Å². The molecule has 0 aromatic rings. The summed E-state index contributed by atoms with van der Waals surface area (Å²) in [7, 11) is 0. The molecule has 0 aliphatic carbocycles. The fourth-order valence-electron chi connectivity index (χ4n) is 0.178. The first-order valence-electron chi connectivity index (χ1n) is 2.10. The van der Waals surface area contributed by atoms with Crippen LogP contribution in [0.4, 0.5) is 0 Å². The second-order valence-corrected chi connectivity index (χ2v) is 5.64. The Morgan fingerprint density at radius 1 is 1.29 bits per heavy atom. The van der Waals surface area contributed by atoms with Gasteiger partial charge in [0, 0.05) is 4.83 Å². The molecule has 0 N–H and O–H groups in total. The smallest absolute Gasteiger partial charge is 0.0822 e. The Morgan fingerprint density at radius 2 is 1.71 bits per heavy atom. The Balaban J connectivity index is 3.14. The SMILES string of the molecule is CCC(Br)C(Br)Br. The first-order valence-corrected chi connectivity index (χ1v) is 4.85. The highest BCUT2D eigenvalue weighted by atomic mass is 79.9. The van der Waals surface area contributed by atoms with Crippen molar-refractivity contribution in [1.29, 1.82) is 0 Å². The van der Waals surface area contributed by atoms with Crippen molar-refractivity contribution in [2.24, 2.45) is 0 Å². The van der Waals surface area contributed by atoms with E-state index < -0.39 is 0 Å². The topological polar surface area (TPSA) is 0 Å². The van der Waals surface area contributed by atoms with E-state index in [0.29, 0.717) is 8.56 Å². The first-order chi connectivity index (χ1) is 3.18. The van der Waals surface area contributed by atoms with Gasteiger partial charge in [0.25, 0.3) is 0 Å². The van der Waals surface area contributed by atoms with Gasteiger partial charge in [-0.15, -0.1) is 0 Å². The van der Waals surface area contributed by atoms with Gasteiger partial charge in [-0.3, -0.25) is 0 Å². The average Bonchev–Trinajstić information content (AvgIpc) is 1.65. The summed E-state index contributed by atoms with van der Waals surface area (Å²) < 4.78 is 0.407. The highest BCUT2D eigenvalue weighted by Crippen LogP contribution is 2.21. The number of halogens is 3. The molecule has 0 aliphatic heterocycles. The van der Waals surface area contributed by atoms with Crippen LogP contribution in [0.3, 0.4) is 0 Å². The second-order valence-electron chi connectivity index (χ2n) is 1.26. The summed E-state index contributed by atoms with van der Waals surface area (Å²) >= 11 is 10.2. The fourth-order valence-corrected chi connectivity index (χ4v) is 0.926. The van der Waals surface area contributed by atoms with Crippen molar-refractivity contribution in [2.45, 2.75) is 21.9 Å². The predicted octanol–water partition coefficient (Wildman–Crippen LogP) is 3.28. The van der Waals surface area contributed by atoms with Crippen molar-refractivity contribution in [3.8, 4) is 0 Å². The first kappa shape index (κ1) is 8.44. The fraction of sp³-hybridized carbons (Fsp3) is 1.00. The van der Waals surface area contributed by atoms with Crippen LogP contribution < -0.4 is 0 Å². The number of alkyl halides is 3. The van der Waals surface area contributed by atoms with Crippen LogP contribution in [0, 0.1) is 0 Å². The maximum atomic E-state index is 3.45.